The first kappa shape index (κ1) is 8.29. The van der Waals surface area contributed by atoms with E-state index >= 15 is 0 Å². The summed E-state index contributed by atoms with van der Waals surface area (Å²) in [7, 11) is 0. The average Bonchev–Trinajstić information content (AvgIpc) is 1.87. The van der Waals surface area contributed by atoms with Crippen LogP contribution < -0.4 is 5.32 Å². The van der Waals surface area contributed by atoms with E-state index < -0.39 is 0 Å². The second-order valence-corrected chi connectivity index (χ2v) is 3.04. The SMILES string of the molecule is C#CCC(=O)C1(CC)CNC1. The maximum atomic E-state index is 11.4. The highest BCUT2D eigenvalue weighted by Crippen LogP contribution is 2.28. The summed E-state index contributed by atoms with van der Waals surface area (Å²) >= 11 is 0. The zero-order chi connectivity index (χ0) is 8.32. The van der Waals surface area contributed by atoms with Gasteiger partial charge in [0.05, 0.1) is 11.8 Å². The van der Waals surface area contributed by atoms with Gasteiger partial charge in [-0.2, -0.15) is 0 Å². The second kappa shape index (κ2) is 3.06. The first-order valence-electron chi connectivity index (χ1n) is 3.92. The van der Waals surface area contributed by atoms with Gasteiger partial charge in [-0.25, -0.2) is 0 Å². The minimum absolute atomic E-state index is 0.119. The fraction of sp³-hybridized carbons (Fsp3) is 0.667. The monoisotopic (exact) mass is 151 g/mol. The van der Waals surface area contributed by atoms with Crippen molar-refractivity contribution < 1.29 is 4.79 Å². The second-order valence-electron chi connectivity index (χ2n) is 3.04. The van der Waals surface area contributed by atoms with Crippen molar-refractivity contribution in [2.45, 2.75) is 19.8 Å². The summed E-state index contributed by atoms with van der Waals surface area (Å²) in [6.07, 6.45) is 6.26. The summed E-state index contributed by atoms with van der Waals surface area (Å²) in [5, 5.41) is 3.10. The summed E-state index contributed by atoms with van der Waals surface area (Å²) in [4.78, 5) is 11.4. The lowest BCUT2D eigenvalue weighted by Crippen LogP contribution is -2.57. The van der Waals surface area contributed by atoms with Crippen LogP contribution in [0, 0.1) is 17.8 Å². The van der Waals surface area contributed by atoms with E-state index in [4.69, 9.17) is 6.42 Å². The Morgan fingerprint density at radius 3 is 2.64 bits per heavy atom. The summed E-state index contributed by atoms with van der Waals surface area (Å²) in [6.45, 7) is 3.66. The molecule has 0 saturated carbocycles. The van der Waals surface area contributed by atoms with E-state index in [0.717, 1.165) is 19.5 Å². The highest BCUT2D eigenvalue weighted by Gasteiger charge is 2.41. The Bertz CT molecular complexity index is 193. The third-order valence-corrected chi connectivity index (χ3v) is 2.46. The molecular formula is C9H13NO. The van der Waals surface area contributed by atoms with Gasteiger partial charge in [0.2, 0.25) is 0 Å². The quantitative estimate of drug-likeness (QED) is 0.598. The van der Waals surface area contributed by atoms with Crippen molar-refractivity contribution in [1.82, 2.24) is 5.32 Å². The molecule has 0 aliphatic carbocycles. The lowest BCUT2D eigenvalue weighted by Gasteiger charge is -2.40. The van der Waals surface area contributed by atoms with Gasteiger partial charge in [-0.05, 0) is 6.42 Å². The fourth-order valence-corrected chi connectivity index (χ4v) is 1.35. The van der Waals surface area contributed by atoms with Crippen molar-refractivity contribution >= 4 is 5.78 Å². The van der Waals surface area contributed by atoms with Crippen LogP contribution in [0.25, 0.3) is 0 Å². The molecule has 1 heterocycles. The molecule has 1 fully saturated rings. The Labute approximate surface area is 67.4 Å². The molecule has 0 aromatic carbocycles. The molecule has 1 aliphatic rings. The van der Waals surface area contributed by atoms with Crippen LogP contribution in [0.4, 0.5) is 0 Å². The highest BCUT2D eigenvalue weighted by molar-refractivity contribution is 5.88. The molecule has 1 rings (SSSR count). The molecule has 0 amide bonds. The summed E-state index contributed by atoms with van der Waals surface area (Å²) in [5.41, 5.74) is -0.119. The van der Waals surface area contributed by atoms with E-state index in [0.29, 0.717) is 0 Å². The van der Waals surface area contributed by atoms with Gasteiger partial charge in [0.15, 0.2) is 5.78 Å². The maximum absolute atomic E-state index is 11.4. The van der Waals surface area contributed by atoms with Crippen LogP contribution in [0.3, 0.4) is 0 Å². The molecule has 60 valence electrons. The molecule has 1 N–H and O–H groups in total. The van der Waals surface area contributed by atoms with Crippen LogP contribution in [0.1, 0.15) is 19.8 Å². The Morgan fingerprint density at radius 1 is 1.73 bits per heavy atom. The smallest absolute Gasteiger partial charge is 0.153 e. The molecule has 0 atom stereocenters. The number of hydrogen-bond acceptors (Lipinski definition) is 2. The van der Waals surface area contributed by atoms with E-state index in [1.165, 1.54) is 0 Å². The lowest BCUT2D eigenvalue weighted by molar-refractivity contribution is -0.130. The van der Waals surface area contributed by atoms with Crippen LogP contribution in [-0.4, -0.2) is 18.9 Å². The molecule has 1 aliphatic heterocycles. The van der Waals surface area contributed by atoms with Gasteiger partial charge in [0.1, 0.15) is 0 Å². The number of carbonyl (C=O) groups is 1. The van der Waals surface area contributed by atoms with Crippen molar-refractivity contribution in [1.29, 1.82) is 0 Å². The number of hydrogen-bond donors (Lipinski definition) is 1. The number of Topliss-reactive ketones (excluding diaryl/α,β-unsaturated/α-hetero) is 1. The summed E-state index contributed by atoms with van der Waals surface area (Å²) < 4.78 is 0. The maximum Gasteiger partial charge on any atom is 0.153 e. The van der Waals surface area contributed by atoms with Crippen molar-refractivity contribution in [2.75, 3.05) is 13.1 Å². The number of terminal acetylenes is 1. The summed E-state index contributed by atoms with van der Waals surface area (Å²) in [6, 6.07) is 0. The van der Waals surface area contributed by atoms with Crippen LogP contribution in [0.2, 0.25) is 0 Å². The number of carbonyl (C=O) groups excluding carboxylic acids is 1. The van der Waals surface area contributed by atoms with Crippen molar-refractivity contribution in [3.05, 3.63) is 0 Å². The van der Waals surface area contributed by atoms with Gasteiger partial charge in [0.25, 0.3) is 0 Å². The molecule has 0 aromatic rings. The van der Waals surface area contributed by atoms with Gasteiger partial charge in [-0.1, -0.05) is 12.8 Å². The minimum atomic E-state index is -0.119. The molecule has 0 aromatic heterocycles. The highest BCUT2D eigenvalue weighted by atomic mass is 16.1. The zero-order valence-electron chi connectivity index (χ0n) is 6.81. The lowest BCUT2D eigenvalue weighted by atomic mass is 9.74. The van der Waals surface area contributed by atoms with Crippen molar-refractivity contribution in [2.24, 2.45) is 5.41 Å². The molecule has 2 nitrogen and oxygen atoms in total. The molecule has 0 spiro atoms. The van der Waals surface area contributed by atoms with E-state index in [9.17, 15) is 4.79 Å². The van der Waals surface area contributed by atoms with Crippen LogP contribution >= 0.6 is 0 Å². The van der Waals surface area contributed by atoms with Crippen LogP contribution in [0.15, 0.2) is 0 Å². The Balaban J connectivity index is 2.56. The third-order valence-electron chi connectivity index (χ3n) is 2.46. The minimum Gasteiger partial charge on any atom is -0.315 e. The Hall–Kier alpha value is -0.810. The first-order chi connectivity index (χ1) is 5.25. The number of rotatable bonds is 3. The predicted octanol–water partition coefficient (Wildman–Crippen LogP) is 0.578. The number of ketones is 1. The molecule has 1 saturated heterocycles. The van der Waals surface area contributed by atoms with Crippen LogP contribution in [-0.2, 0) is 4.79 Å². The van der Waals surface area contributed by atoms with E-state index in [-0.39, 0.29) is 17.6 Å². The molecule has 0 bridgehead atoms. The van der Waals surface area contributed by atoms with Crippen molar-refractivity contribution in [3.8, 4) is 12.3 Å². The average molecular weight is 151 g/mol. The normalized spacial score (nSPS) is 20.0. The molecular weight excluding hydrogens is 138 g/mol. The van der Waals surface area contributed by atoms with Gasteiger partial charge < -0.3 is 5.32 Å². The molecule has 0 radical (unpaired) electrons. The first-order valence-corrected chi connectivity index (χ1v) is 3.92. The third kappa shape index (κ3) is 1.29. The van der Waals surface area contributed by atoms with Crippen LogP contribution in [0.5, 0.6) is 0 Å². The summed E-state index contributed by atoms with van der Waals surface area (Å²) in [5.74, 6) is 2.62. The Kier molecular flexibility index (Phi) is 2.31. The Morgan fingerprint density at radius 2 is 2.36 bits per heavy atom. The molecule has 0 unspecified atom stereocenters. The van der Waals surface area contributed by atoms with Gasteiger partial charge in [-0.15, -0.1) is 6.42 Å². The largest absolute Gasteiger partial charge is 0.315 e. The van der Waals surface area contributed by atoms with E-state index in [2.05, 4.69) is 11.2 Å². The number of nitrogens with one attached hydrogen (secondary N) is 1. The molecule has 2 heteroatoms. The van der Waals surface area contributed by atoms with E-state index in [1.54, 1.807) is 0 Å². The van der Waals surface area contributed by atoms with Crippen molar-refractivity contribution in [3.63, 3.8) is 0 Å². The molecule has 11 heavy (non-hydrogen) atoms. The predicted molar refractivity (Wildman–Crippen MR) is 44.1 cm³/mol. The standard InChI is InChI=1S/C9H13NO/c1-3-5-8(11)9(4-2)6-10-7-9/h1,10H,4-7H2,2H3. The zero-order valence-corrected chi connectivity index (χ0v) is 6.81. The van der Waals surface area contributed by atoms with E-state index in [1.807, 2.05) is 6.92 Å². The topological polar surface area (TPSA) is 29.1 Å². The fourth-order valence-electron chi connectivity index (χ4n) is 1.35. The van der Waals surface area contributed by atoms with Gasteiger partial charge in [0, 0.05) is 13.1 Å². The van der Waals surface area contributed by atoms with Gasteiger partial charge in [-0.3, -0.25) is 4.79 Å². The van der Waals surface area contributed by atoms with Gasteiger partial charge >= 0.3 is 0 Å².